The summed E-state index contributed by atoms with van der Waals surface area (Å²) < 4.78 is 47.8. The summed E-state index contributed by atoms with van der Waals surface area (Å²) in [6, 6.07) is 11.8. The molecule has 1 amide bonds. The third kappa shape index (κ3) is 4.97. The zero-order chi connectivity index (χ0) is 23.3. The molecule has 10 heteroatoms. The molecular weight excluding hydrogens is 435 g/mol. The van der Waals surface area contributed by atoms with Gasteiger partial charge in [-0.2, -0.15) is 9.40 Å². The van der Waals surface area contributed by atoms with Crippen molar-refractivity contribution in [3.63, 3.8) is 0 Å². The molecule has 0 spiro atoms. The minimum Gasteiger partial charge on any atom is -0.492 e. The second kappa shape index (κ2) is 9.92. The van der Waals surface area contributed by atoms with Crippen LogP contribution in [0.15, 0.2) is 59.6 Å². The smallest absolute Gasteiger partial charge is 0.276 e. The highest BCUT2D eigenvalue weighted by atomic mass is 32.2. The minimum absolute atomic E-state index is 0.0221. The van der Waals surface area contributed by atoms with Crippen LogP contribution in [0.25, 0.3) is 5.69 Å². The van der Waals surface area contributed by atoms with Crippen LogP contribution in [0.1, 0.15) is 31.3 Å². The Morgan fingerprint density at radius 2 is 1.88 bits per heavy atom. The van der Waals surface area contributed by atoms with Gasteiger partial charge in [0.25, 0.3) is 5.91 Å². The van der Waals surface area contributed by atoms with Crippen LogP contribution in [0.5, 0.6) is 5.75 Å². The van der Waals surface area contributed by atoms with Gasteiger partial charge in [0.2, 0.25) is 10.0 Å². The fourth-order valence-corrected chi connectivity index (χ4v) is 4.78. The third-order valence-electron chi connectivity index (χ3n) is 4.72. The number of nitrogens with one attached hydrogen (secondary N) is 1. The van der Waals surface area contributed by atoms with E-state index in [1.54, 1.807) is 39.0 Å². The summed E-state index contributed by atoms with van der Waals surface area (Å²) in [5.74, 6) is -0.733. The van der Waals surface area contributed by atoms with E-state index in [4.69, 9.17) is 4.74 Å². The first-order valence-corrected chi connectivity index (χ1v) is 11.6. The molecule has 3 rings (SSSR count). The normalized spacial score (nSPS) is 11.5. The number of carbonyl (C=O) groups is 1. The molecule has 170 valence electrons. The van der Waals surface area contributed by atoms with Crippen LogP contribution >= 0.6 is 0 Å². The molecule has 0 unspecified atom stereocenters. The van der Waals surface area contributed by atoms with Crippen molar-refractivity contribution in [2.45, 2.75) is 25.7 Å². The number of benzene rings is 2. The third-order valence-corrected chi connectivity index (χ3v) is 6.79. The average molecular weight is 461 g/mol. The van der Waals surface area contributed by atoms with Gasteiger partial charge in [0.15, 0.2) is 5.69 Å². The average Bonchev–Trinajstić information content (AvgIpc) is 3.26. The van der Waals surface area contributed by atoms with E-state index < -0.39 is 21.7 Å². The molecule has 0 bridgehead atoms. The molecule has 0 saturated carbocycles. The lowest BCUT2D eigenvalue weighted by Gasteiger charge is -2.21. The first kappa shape index (κ1) is 23.4. The Labute approximate surface area is 186 Å². The summed E-state index contributed by atoms with van der Waals surface area (Å²) in [6.07, 6.45) is 1.54. The number of nitrogens with zero attached hydrogens (tertiary/aromatic N) is 3. The van der Waals surface area contributed by atoms with E-state index >= 15 is 0 Å². The first-order chi connectivity index (χ1) is 15.3. The zero-order valence-corrected chi connectivity index (χ0v) is 18.9. The number of halogens is 1. The van der Waals surface area contributed by atoms with Crippen LogP contribution in [-0.2, 0) is 10.0 Å². The molecular formula is C22H25FN4O4S. The molecule has 1 heterocycles. The minimum atomic E-state index is -3.81. The fraction of sp³-hybridized carbons (Fsp3) is 0.273. The topological polar surface area (TPSA) is 93.5 Å². The van der Waals surface area contributed by atoms with Gasteiger partial charge in [-0.25, -0.2) is 17.5 Å². The zero-order valence-electron chi connectivity index (χ0n) is 18.1. The molecule has 0 aliphatic carbocycles. The van der Waals surface area contributed by atoms with E-state index in [-0.39, 0.29) is 22.0 Å². The Morgan fingerprint density at radius 3 is 2.53 bits per heavy atom. The summed E-state index contributed by atoms with van der Waals surface area (Å²) in [7, 11) is -3.81. The van der Waals surface area contributed by atoms with Crippen molar-refractivity contribution in [1.82, 2.24) is 14.1 Å². The van der Waals surface area contributed by atoms with Gasteiger partial charge in [-0.15, -0.1) is 0 Å². The fourth-order valence-electron chi connectivity index (χ4n) is 3.17. The van der Waals surface area contributed by atoms with E-state index in [0.29, 0.717) is 25.4 Å². The largest absolute Gasteiger partial charge is 0.492 e. The van der Waals surface area contributed by atoms with Crippen molar-refractivity contribution in [1.29, 1.82) is 0 Å². The SMILES string of the molecule is CCOc1ccc(NC(=O)c2ccn(-c3cccc(F)c3)n2)cc1S(=O)(=O)N(CC)CC. The number of anilines is 1. The molecule has 0 aliphatic rings. The molecule has 8 nitrogen and oxygen atoms in total. The van der Waals surface area contributed by atoms with Crippen LogP contribution in [0.3, 0.4) is 0 Å². The summed E-state index contributed by atoms with van der Waals surface area (Å²) in [6.45, 7) is 6.17. The van der Waals surface area contributed by atoms with Gasteiger partial charge in [0.05, 0.1) is 12.3 Å². The van der Waals surface area contributed by atoms with Crippen LogP contribution in [0.2, 0.25) is 0 Å². The summed E-state index contributed by atoms with van der Waals surface area (Å²) in [4.78, 5) is 12.7. The molecule has 0 radical (unpaired) electrons. The predicted molar refractivity (Wildman–Crippen MR) is 119 cm³/mol. The number of aromatic nitrogens is 2. The Morgan fingerprint density at radius 1 is 1.12 bits per heavy atom. The van der Waals surface area contributed by atoms with Crippen molar-refractivity contribution in [2.75, 3.05) is 25.0 Å². The van der Waals surface area contributed by atoms with Gasteiger partial charge in [0.1, 0.15) is 16.5 Å². The van der Waals surface area contributed by atoms with E-state index in [1.165, 1.54) is 45.5 Å². The highest BCUT2D eigenvalue weighted by Gasteiger charge is 2.26. The highest BCUT2D eigenvalue weighted by molar-refractivity contribution is 7.89. The lowest BCUT2D eigenvalue weighted by molar-refractivity contribution is 0.102. The maximum absolute atomic E-state index is 13.5. The number of sulfonamides is 1. The standard InChI is InChI=1S/C22H25FN4O4S/c1-4-26(5-2)32(29,30)21-15-17(10-11-20(21)31-6-3)24-22(28)19-12-13-27(25-19)18-9-7-8-16(23)14-18/h7-15H,4-6H2,1-3H3,(H,24,28). The maximum atomic E-state index is 13.5. The lowest BCUT2D eigenvalue weighted by atomic mass is 10.3. The molecule has 32 heavy (non-hydrogen) atoms. The van der Waals surface area contributed by atoms with E-state index in [9.17, 15) is 17.6 Å². The molecule has 0 fully saturated rings. The van der Waals surface area contributed by atoms with Gasteiger partial charge in [-0.3, -0.25) is 4.79 Å². The van der Waals surface area contributed by atoms with Gasteiger partial charge in [0, 0.05) is 25.0 Å². The van der Waals surface area contributed by atoms with Gasteiger partial charge >= 0.3 is 0 Å². The monoisotopic (exact) mass is 460 g/mol. The predicted octanol–water partition coefficient (Wildman–Crippen LogP) is 3.69. The molecule has 1 N–H and O–H groups in total. The Kier molecular flexibility index (Phi) is 7.26. The number of hydrogen-bond donors (Lipinski definition) is 1. The number of ether oxygens (including phenoxy) is 1. The second-order valence-corrected chi connectivity index (χ2v) is 8.67. The van der Waals surface area contributed by atoms with Crippen molar-refractivity contribution < 1.29 is 22.3 Å². The van der Waals surface area contributed by atoms with Crippen LogP contribution < -0.4 is 10.1 Å². The van der Waals surface area contributed by atoms with Crippen molar-refractivity contribution in [2.24, 2.45) is 0 Å². The number of hydrogen-bond acceptors (Lipinski definition) is 5. The Balaban J connectivity index is 1.88. The van der Waals surface area contributed by atoms with E-state index in [1.807, 2.05) is 0 Å². The molecule has 1 aromatic heterocycles. The first-order valence-electron chi connectivity index (χ1n) is 10.2. The van der Waals surface area contributed by atoms with Crippen LogP contribution in [0, 0.1) is 5.82 Å². The Bertz CT molecular complexity index is 1210. The quantitative estimate of drug-likeness (QED) is 0.526. The van der Waals surface area contributed by atoms with E-state index in [0.717, 1.165) is 0 Å². The lowest BCUT2D eigenvalue weighted by Crippen LogP contribution is -2.31. The van der Waals surface area contributed by atoms with E-state index in [2.05, 4.69) is 10.4 Å². The number of amides is 1. The maximum Gasteiger partial charge on any atom is 0.276 e. The number of rotatable bonds is 9. The molecule has 2 aromatic carbocycles. The van der Waals surface area contributed by atoms with Crippen molar-refractivity contribution >= 4 is 21.6 Å². The van der Waals surface area contributed by atoms with Crippen molar-refractivity contribution in [3.8, 4) is 11.4 Å². The van der Waals surface area contributed by atoms with Gasteiger partial charge < -0.3 is 10.1 Å². The van der Waals surface area contributed by atoms with Crippen LogP contribution in [0.4, 0.5) is 10.1 Å². The molecule has 3 aromatic rings. The van der Waals surface area contributed by atoms with Gasteiger partial charge in [-0.1, -0.05) is 19.9 Å². The highest BCUT2D eigenvalue weighted by Crippen LogP contribution is 2.30. The number of carbonyl (C=O) groups excluding carboxylic acids is 1. The molecule has 0 aliphatic heterocycles. The van der Waals surface area contributed by atoms with Crippen LogP contribution in [-0.4, -0.2) is 48.1 Å². The summed E-state index contributed by atoms with van der Waals surface area (Å²) in [5.41, 5.74) is 0.846. The second-order valence-electron chi connectivity index (χ2n) is 6.76. The van der Waals surface area contributed by atoms with Gasteiger partial charge in [-0.05, 0) is 49.4 Å². The molecule has 0 atom stereocenters. The molecule has 0 saturated heterocycles. The summed E-state index contributed by atoms with van der Waals surface area (Å²) >= 11 is 0. The summed E-state index contributed by atoms with van der Waals surface area (Å²) in [5, 5.41) is 6.84. The Hall–Kier alpha value is -3.24. The van der Waals surface area contributed by atoms with Crippen molar-refractivity contribution in [3.05, 3.63) is 66.2 Å².